The van der Waals surface area contributed by atoms with Gasteiger partial charge in [-0.05, 0) is 54.1 Å². The van der Waals surface area contributed by atoms with E-state index >= 15 is 0 Å². The molecule has 0 bridgehead atoms. The Labute approximate surface area is 214 Å². The molecule has 5 heteroatoms. The van der Waals surface area contributed by atoms with Crippen LogP contribution in [0.4, 0.5) is 4.39 Å². The zero-order valence-electron chi connectivity index (χ0n) is 20.5. The van der Waals surface area contributed by atoms with Gasteiger partial charge >= 0.3 is 0 Å². The van der Waals surface area contributed by atoms with Crippen LogP contribution in [0.25, 0.3) is 0 Å². The van der Waals surface area contributed by atoms with Crippen LogP contribution in [0.3, 0.4) is 0 Å². The molecule has 4 rings (SSSR count). The third-order valence-corrected chi connectivity index (χ3v) is 10.4. The summed E-state index contributed by atoms with van der Waals surface area (Å²) < 4.78 is 28.5. The normalized spacial score (nSPS) is 11.4. The lowest BCUT2D eigenvalue weighted by atomic mass is 10.2. The molecule has 0 saturated carbocycles. The average Bonchev–Trinajstić information content (AvgIpc) is 2.95. The Hall–Kier alpha value is -3.04. The predicted molar refractivity (Wildman–Crippen MR) is 148 cm³/mol. The van der Waals surface area contributed by atoms with Gasteiger partial charge in [-0.15, -0.1) is 0 Å². The van der Waals surface area contributed by atoms with Crippen LogP contribution < -0.4 is 20.7 Å². The Bertz CT molecular complexity index is 1100. The molecule has 0 radical (unpaired) electrons. The topological polar surface area (TPSA) is 27.7 Å². The molecule has 0 N–H and O–H groups in total. The number of hydrogen-bond acceptors (Lipinski definition) is 3. The Kier molecular flexibility index (Phi) is 10.0. The van der Waals surface area contributed by atoms with Crippen molar-refractivity contribution in [3.05, 3.63) is 121 Å². The molecule has 0 atom stereocenters. The maximum atomic E-state index is 12.0. The fourth-order valence-electron chi connectivity index (χ4n) is 4.34. The monoisotopic (exact) mass is 502 g/mol. The van der Waals surface area contributed by atoms with E-state index < -0.39 is 13.9 Å². The van der Waals surface area contributed by atoms with Crippen molar-refractivity contribution in [3.63, 3.8) is 0 Å². The first-order valence-electron chi connectivity index (χ1n) is 12.3. The Morgan fingerprint density at radius 2 is 0.972 bits per heavy atom. The van der Waals surface area contributed by atoms with Crippen LogP contribution in [0.2, 0.25) is 0 Å². The summed E-state index contributed by atoms with van der Waals surface area (Å²) in [6.07, 6.45) is 0.945. The van der Waals surface area contributed by atoms with Gasteiger partial charge < -0.3 is 14.2 Å². The van der Waals surface area contributed by atoms with Gasteiger partial charge in [0.05, 0.1) is 32.6 Å². The summed E-state index contributed by atoms with van der Waals surface area (Å²) in [4.78, 5) is 0. The zero-order chi connectivity index (χ0) is 24.9. The fraction of sp³-hybridized carbons (Fsp3) is 0.226. The second-order valence-corrected chi connectivity index (χ2v) is 11.9. The van der Waals surface area contributed by atoms with Gasteiger partial charge in [-0.25, -0.2) is 4.39 Å². The van der Waals surface area contributed by atoms with Gasteiger partial charge in [0.2, 0.25) is 0 Å². The summed E-state index contributed by atoms with van der Waals surface area (Å²) in [6.45, 7) is 1.38. The molecule has 0 amide bonds. The van der Waals surface area contributed by atoms with Crippen molar-refractivity contribution in [3.8, 4) is 5.75 Å². The maximum absolute atomic E-state index is 12.0. The first kappa shape index (κ1) is 26.0. The summed E-state index contributed by atoms with van der Waals surface area (Å²) in [5.41, 5.74) is 1.33. The molecule has 3 nitrogen and oxygen atoms in total. The number of alkyl halides is 1. The van der Waals surface area contributed by atoms with Gasteiger partial charge in [0, 0.05) is 0 Å². The molecule has 0 aromatic heterocycles. The van der Waals surface area contributed by atoms with E-state index in [1.165, 1.54) is 21.5 Å². The van der Waals surface area contributed by atoms with E-state index in [0.29, 0.717) is 26.4 Å². The Morgan fingerprint density at radius 1 is 0.500 bits per heavy atom. The molecule has 0 heterocycles. The molecule has 0 aliphatic carbocycles. The molecule has 36 heavy (non-hydrogen) atoms. The van der Waals surface area contributed by atoms with Gasteiger partial charge in [0.1, 0.15) is 42.2 Å². The first-order valence-corrected chi connectivity index (χ1v) is 14.3. The molecule has 0 unspecified atom stereocenters. The van der Waals surface area contributed by atoms with Crippen LogP contribution in [0.1, 0.15) is 5.56 Å². The molecule has 0 spiro atoms. The summed E-state index contributed by atoms with van der Waals surface area (Å²) in [6, 6.07) is 41.1. The lowest BCUT2D eigenvalue weighted by Crippen LogP contribution is -2.32. The minimum Gasteiger partial charge on any atom is -0.491 e. The number of halogens is 1. The van der Waals surface area contributed by atoms with Gasteiger partial charge in [0.15, 0.2) is 0 Å². The van der Waals surface area contributed by atoms with Crippen molar-refractivity contribution in [2.45, 2.75) is 6.16 Å². The number of benzene rings is 4. The van der Waals surface area contributed by atoms with Crippen molar-refractivity contribution >= 4 is 23.2 Å². The summed E-state index contributed by atoms with van der Waals surface area (Å²) in [7, 11) is -1.97. The summed E-state index contributed by atoms with van der Waals surface area (Å²) in [5.74, 6) is 0.815. The lowest BCUT2D eigenvalue weighted by molar-refractivity contribution is 0.0325. The smallest absolute Gasteiger partial charge is 0.119 e. The van der Waals surface area contributed by atoms with Crippen molar-refractivity contribution in [1.29, 1.82) is 0 Å². The third kappa shape index (κ3) is 6.79. The summed E-state index contributed by atoms with van der Waals surface area (Å²) >= 11 is 0. The molecule has 0 aliphatic rings. The van der Waals surface area contributed by atoms with E-state index in [1.807, 2.05) is 0 Å². The highest BCUT2D eigenvalue weighted by Crippen LogP contribution is 2.58. The number of hydrogen-bond donors (Lipinski definition) is 0. The van der Waals surface area contributed by atoms with Crippen molar-refractivity contribution < 1.29 is 18.6 Å². The van der Waals surface area contributed by atoms with Crippen LogP contribution in [0.5, 0.6) is 5.75 Å². The van der Waals surface area contributed by atoms with Gasteiger partial charge in [-0.1, -0.05) is 66.7 Å². The maximum Gasteiger partial charge on any atom is 0.119 e. The molecule has 0 aliphatic heterocycles. The Morgan fingerprint density at radius 3 is 1.53 bits per heavy atom. The highest BCUT2D eigenvalue weighted by atomic mass is 31.2. The van der Waals surface area contributed by atoms with Crippen LogP contribution in [0, 0.1) is 0 Å². The van der Waals surface area contributed by atoms with Gasteiger partial charge in [-0.2, -0.15) is 0 Å². The zero-order valence-corrected chi connectivity index (χ0v) is 21.4. The van der Waals surface area contributed by atoms with E-state index in [9.17, 15) is 4.39 Å². The molecular weight excluding hydrogens is 469 g/mol. The van der Waals surface area contributed by atoms with E-state index in [2.05, 4.69) is 115 Å². The average molecular weight is 503 g/mol. The van der Waals surface area contributed by atoms with Crippen LogP contribution in [0.15, 0.2) is 115 Å². The molecule has 186 valence electrons. The molecule has 4 aromatic carbocycles. The number of rotatable bonds is 14. The summed E-state index contributed by atoms with van der Waals surface area (Å²) in [5, 5.41) is 4.03. The predicted octanol–water partition coefficient (Wildman–Crippen LogP) is 5.56. The van der Waals surface area contributed by atoms with Crippen LogP contribution >= 0.6 is 7.26 Å². The lowest BCUT2D eigenvalue weighted by Gasteiger charge is -2.28. The standard InChI is InChI=1S/C31H33FO3P/c32-20-21-33-22-23-34-24-25-35-28-16-18-31(19-17-28)36(29-12-6-2-7-13-29,30-14-8-3-9-15-30)26-27-10-4-1-5-11-27/h1-19H,20-26H2/q+1/i32-1. The highest BCUT2D eigenvalue weighted by Gasteiger charge is 2.45. The van der Waals surface area contributed by atoms with E-state index in [1.54, 1.807) is 0 Å². The van der Waals surface area contributed by atoms with Crippen molar-refractivity contribution in [1.82, 2.24) is 0 Å². The van der Waals surface area contributed by atoms with Gasteiger partial charge in [-0.3, -0.25) is 0 Å². The second-order valence-electron chi connectivity index (χ2n) is 8.38. The quantitative estimate of drug-likeness (QED) is 0.167. The van der Waals surface area contributed by atoms with E-state index in [-0.39, 0.29) is 6.61 Å². The second kappa shape index (κ2) is 13.9. The van der Waals surface area contributed by atoms with Crippen LogP contribution in [-0.4, -0.2) is 39.7 Å². The fourth-order valence-corrected chi connectivity index (χ4v) is 8.56. The minimum absolute atomic E-state index is 0.118. The Balaban J connectivity index is 1.57. The van der Waals surface area contributed by atoms with Gasteiger partial charge in [0.25, 0.3) is 0 Å². The first-order chi connectivity index (χ1) is 17.8. The molecule has 4 aromatic rings. The number of ether oxygens (including phenoxy) is 3. The minimum atomic E-state index is -1.97. The van der Waals surface area contributed by atoms with Crippen molar-refractivity contribution in [2.75, 3.05) is 39.7 Å². The van der Waals surface area contributed by atoms with Crippen LogP contribution in [-0.2, 0) is 15.6 Å². The highest BCUT2D eigenvalue weighted by molar-refractivity contribution is 7.95. The molecular formula is C31H33FO3P+. The third-order valence-electron chi connectivity index (χ3n) is 6.02. The largest absolute Gasteiger partial charge is 0.491 e. The SMILES string of the molecule is [18F]CCOCCOCCOc1ccc([P+](Cc2ccccc2)(c2ccccc2)c2ccccc2)cc1. The molecule has 0 saturated heterocycles. The van der Waals surface area contributed by atoms with E-state index in [4.69, 9.17) is 14.2 Å². The van der Waals surface area contributed by atoms with Crippen molar-refractivity contribution in [2.24, 2.45) is 0 Å². The van der Waals surface area contributed by atoms with E-state index in [0.717, 1.165) is 11.9 Å². The molecule has 0 fully saturated rings.